The van der Waals surface area contributed by atoms with Crippen molar-refractivity contribution in [1.29, 1.82) is 0 Å². The second kappa shape index (κ2) is 6.54. The van der Waals surface area contributed by atoms with E-state index >= 15 is 0 Å². The molecule has 1 unspecified atom stereocenters. The minimum atomic E-state index is -4.77. The zero-order valence-electron chi connectivity index (χ0n) is 10.1. The standard InChI is InChI=1S/C11H14ClF4NO2/c12-6-8(18)7-4-2-1-3-5-17(7)10(19)11(15,16)9(13)14/h7,9H,1-6H2. The largest absolute Gasteiger partial charge is 0.383 e. The van der Waals surface area contributed by atoms with Crippen LogP contribution >= 0.6 is 11.6 Å². The number of carbonyl (C=O) groups is 2. The number of carbonyl (C=O) groups excluding carboxylic acids is 2. The van der Waals surface area contributed by atoms with Crippen LogP contribution in [0.25, 0.3) is 0 Å². The van der Waals surface area contributed by atoms with Crippen molar-refractivity contribution in [3.05, 3.63) is 0 Å². The van der Waals surface area contributed by atoms with E-state index in [1.165, 1.54) is 0 Å². The lowest BCUT2D eigenvalue weighted by Gasteiger charge is -2.31. The molecule has 0 saturated carbocycles. The van der Waals surface area contributed by atoms with E-state index in [1.807, 2.05) is 0 Å². The van der Waals surface area contributed by atoms with Gasteiger partial charge in [0.05, 0.1) is 11.9 Å². The zero-order valence-corrected chi connectivity index (χ0v) is 10.8. The molecule has 1 rings (SSSR count). The second-order valence-electron chi connectivity index (χ2n) is 4.39. The van der Waals surface area contributed by atoms with Crippen LogP contribution in [-0.2, 0) is 9.59 Å². The fraction of sp³-hybridized carbons (Fsp3) is 0.818. The molecule has 1 saturated heterocycles. The minimum Gasteiger partial charge on any atom is -0.327 e. The van der Waals surface area contributed by atoms with Crippen LogP contribution in [0.15, 0.2) is 0 Å². The van der Waals surface area contributed by atoms with Crippen LogP contribution in [0.4, 0.5) is 17.6 Å². The number of nitrogens with zero attached hydrogens (tertiary/aromatic N) is 1. The molecular formula is C11H14ClF4NO2. The molecule has 0 radical (unpaired) electrons. The Morgan fingerprint density at radius 3 is 2.42 bits per heavy atom. The van der Waals surface area contributed by atoms with Crippen molar-refractivity contribution in [3.8, 4) is 0 Å². The summed E-state index contributed by atoms with van der Waals surface area (Å²) < 4.78 is 50.7. The van der Waals surface area contributed by atoms with Crippen molar-refractivity contribution in [2.24, 2.45) is 0 Å². The highest BCUT2D eigenvalue weighted by molar-refractivity contribution is 6.28. The Labute approximate surface area is 112 Å². The molecule has 0 spiro atoms. The summed E-state index contributed by atoms with van der Waals surface area (Å²) in [7, 11) is 0. The van der Waals surface area contributed by atoms with Gasteiger partial charge in [-0.05, 0) is 12.8 Å². The molecule has 1 aliphatic rings. The van der Waals surface area contributed by atoms with Crippen LogP contribution < -0.4 is 0 Å². The summed E-state index contributed by atoms with van der Waals surface area (Å²) in [5.74, 6) is -7.79. The van der Waals surface area contributed by atoms with Crippen molar-refractivity contribution in [2.45, 2.75) is 44.1 Å². The second-order valence-corrected chi connectivity index (χ2v) is 4.65. The molecule has 0 N–H and O–H groups in total. The van der Waals surface area contributed by atoms with Gasteiger partial charge in [-0.15, -0.1) is 11.6 Å². The number of Topliss-reactive ketones (excluding diaryl/α,β-unsaturated/α-hetero) is 1. The Balaban J connectivity index is 2.97. The van der Waals surface area contributed by atoms with Gasteiger partial charge < -0.3 is 4.90 Å². The van der Waals surface area contributed by atoms with Gasteiger partial charge in [0.25, 0.3) is 5.91 Å². The third-order valence-electron chi connectivity index (χ3n) is 3.08. The van der Waals surface area contributed by atoms with Gasteiger partial charge in [-0.1, -0.05) is 12.8 Å². The summed E-state index contributed by atoms with van der Waals surface area (Å²) in [6.45, 7) is -0.131. The quantitative estimate of drug-likeness (QED) is 0.591. The monoisotopic (exact) mass is 303 g/mol. The van der Waals surface area contributed by atoms with Gasteiger partial charge in [-0.2, -0.15) is 8.78 Å². The molecule has 3 nitrogen and oxygen atoms in total. The SMILES string of the molecule is O=C(CCl)C1CCCCCN1C(=O)C(F)(F)C(F)F. The van der Waals surface area contributed by atoms with Crippen LogP contribution in [0.5, 0.6) is 0 Å². The van der Waals surface area contributed by atoms with Gasteiger partial charge in [0.2, 0.25) is 0 Å². The summed E-state index contributed by atoms with van der Waals surface area (Å²) in [6, 6.07) is -1.13. The van der Waals surface area contributed by atoms with Crippen LogP contribution in [-0.4, -0.2) is 47.4 Å². The molecule has 0 aliphatic carbocycles. The zero-order chi connectivity index (χ0) is 14.6. The van der Waals surface area contributed by atoms with Crippen molar-refractivity contribution < 1.29 is 27.2 Å². The first-order chi connectivity index (χ1) is 8.82. The van der Waals surface area contributed by atoms with Crippen molar-refractivity contribution in [2.75, 3.05) is 12.4 Å². The molecule has 0 aromatic carbocycles. The Morgan fingerprint density at radius 2 is 1.89 bits per heavy atom. The topological polar surface area (TPSA) is 37.4 Å². The predicted molar refractivity (Wildman–Crippen MR) is 60.6 cm³/mol. The average Bonchev–Trinajstić information content (AvgIpc) is 2.61. The summed E-state index contributed by atoms with van der Waals surface area (Å²) in [6.07, 6.45) is -2.30. The van der Waals surface area contributed by atoms with E-state index in [0.29, 0.717) is 24.2 Å². The number of amides is 1. The van der Waals surface area contributed by atoms with Crippen molar-refractivity contribution >= 4 is 23.3 Å². The first-order valence-corrected chi connectivity index (χ1v) is 6.41. The first-order valence-electron chi connectivity index (χ1n) is 5.88. The molecule has 1 atom stereocenters. The number of likely N-dealkylation sites (tertiary alicyclic amines) is 1. The first kappa shape index (κ1) is 16.2. The molecule has 110 valence electrons. The molecule has 0 aromatic rings. The highest BCUT2D eigenvalue weighted by atomic mass is 35.5. The Kier molecular flexibility index (Phi) is 5.58. The maximum Gasteiger partial charge on any atom is 0.383 e. The van der Waals surface area contributed by atoms with Gasteiger partial charge in [0.1, 0.15) is 0 Å². The highest BCUT2D eigenvalue weighted by Crippen LogP contribution is 2.29. The average molecular weight is 304 g/mol. The van der Waals surface area contributed by atoms with Crippen molar-refractivity contribution in [3.63, 3.8) is 0 Å². The van der Waals surface area contributed by atoms with Crippen LogP contribution in [0.2, 0.25) is 0 Å². The molecule has 8 heteroatoms. The Bertz CT molecular complexity index is 352. The van der Waals surface area contributed by atoms with E-state index in [1.54, 1.807) is 0 Å². The summed E-state index contributed by atoms with van der Waals surface area (Å²) >= 11 is 5.36. The molecule has 1 aliphatic heterocycles. The molecule has 1 heterocycles. The number of ketones is 1. The lowest BCUT2D eigenvalue weighted by atomic mass is 10.1. The van der Waals surface area contributed by atoms with Gasteiger partial charge in [-0.25, -0.2) is 8.78 Å². The van der Waals surface area contributed by atoms with Gasteiger partial charge in [-0.3, -0.25) is 9.59 Å². The third-order valence-corrected chi connectivity index (χ3v) is 3.34. The van der Waals surface area contributed by atoms with Crippen LogP contribution in [0, 0.1) is 0 Å². The van der Waals surface area contributed by atoms with E-state index < -0.39 is 36.0 Å². The van der Waals surface area contributed by atoms with Gasteiger partial charge >= 0.3 is 12.3 Å². The van der Waals surface area contributed by atoms with Crippen molar-refractivity contribution in [1.82, 2.24) is 4.90 Å². The predicted octanol–water partition coefficient (Wildman–Crippen LogP) is 2.47. The van der Waals surface area contributed by atoms with E-state index in [-0.39, 0.29) is 13.0 Å². The normalized spacial score (nSPS) is 21.4. The molecule has 0 bridgehead atoms. The minimum absolute atomic E-state index is 0.131. The third kappa shape index (κ3) is 3.58. The Morgan fingerprint density at radius 1 is 1.26 bits per heavy atom. The summed E-state index contributed by atoms with van der Waals surface area (Å²) in [4.78, 5) is 23.7. The highest BCUT2D eigenvalue weighted by Gasteiger charge is 2.52. The molecule has 1 amide bonds. The van der Waals surface area contributed by atoms with E-state index in [9.17, 15) is 27.2 Å². The molecule has 0 aromatic heterocycles. The van der Waals surface area contributed by atoms with Gasteiger partial charge in [0.15, 0.2) is 5.78 Å². The van der Waals surface area contributed by atoms with E-state index in [0.717, 1.165) is 0 Å². The number of hydrogen-bond acceptors (Lipinski definition) is 2. The Hall–Kier alpha value is -0.850. The molecule has 1 fully saturated rings. The number of alkyl halides is 5. The number of hydrogen-bond donors (Lipinski definition) is 0. The fourth-order valence-corrected chi connectivity index (χ4v) is 2.24. The maximum atomic E-state index is 13.1. The smallest absolute Gasteiger partial charge is 0.327 e. The van der Waals surface area contributed by atoms with Crippen LogP contribution in [0.1, 0.15) is 25.7 Å². The lowest BCUT2D eigenvalue weighted by molar-refractivity contribution is -0.183. The van der Waals surface area contributed by atoms with E-state index in [2.05, 4.69) is 0 Å². The number of rotatable bonds is 4. The fourth-order valence-electron chi connectivity index (χ4n) is 2.06. The van der Waals surface area contributed by atoms with Crippen LogP contribution in [0.3, 0.4) is 0 Å². The van der Waals surface area contributed by atoms with Gasteiger partial charge in [0, 0.05) is 6.54 Å². The molecule has 19 heavy (non-hydrogen) atoms. The molecular weight excluding hydrogens is 290 g/mol. The van der Waals surface area contributed by atoms with E-state index in [4.69, 9.17) is 11.6 Å². The maximum absolute atomic E-state index is 13.1. The lowest BCUT2D eigenvalue weighted by Crippen LogP contribution is -2.54. The number of halogens is 5. The summed E-state index contributed by atoms with van der Waals surface area (Å²) in [5.41, 5.74) is 0. The summed E-state index contributed by atoms with van der Waals surface area (Å²) in [5, 5.41) is 0.